The van der Waals surface area contributed by atoms with Crippen LogP contribution in [-0.4, -0.2) is 59.8 Å². The van der Waals surface area contributed by atoms with E-state index in [9.17, 15) is 0 Å². The van der Waals surface area contributed by atoms with E-state index in [1.54, 1.807) is 24.9 Å². The van der Waals surface area contributed by atoms with Crippen molar-refractivity contribution in [2.24, 2.45) is 0 Å². The molecule has 0 atom stereocenters. The van der Waals surface area contributed by atoms with E-state index >= 15 is 0 Å². The van der Waals surface area contributed by atoms with Crippen molar-refractivity contribution in [2.45, 2.75) is 62.3 Å². The van der Waals surface area contributed by atoms with Gasteiger partial charge in [0, 0.05) is 111 Å². The van der Waals surface area contributed by atoms with Gasteiger partial charge in [0.1, 0.15) is 6.33 Å². The fourth-order valence-electron chi connectivity index (χ4n) is 11.0. The zero-order valence-electron chi connectivity index (χ0n) is 59.6. The van der Waals surface area contributed by atoms with Crippen molar-refractivity contribution in [3.8, 4) is 22.6 Å². The lowest BCUT2D eigenvalue weighted by atomic mass is 10.1. The van der Waals surface area contributed by atoms with Crippen molar-refractivity contribution >= 4 is 76.2 Å². The summed E-state index contributed by atoms with van der Waals surface area (Å²) in [5.41, 5.74) is 20.8. The molecule has 0 aliphatic heterocycles. The highest BCUT2D eigenvalue weighted by atomic mass is 14.8. The minimum atomic E-state index is 0.931. The van der Waals surface area contributed by atoms with E-state index in [-0.39, 0.29) is 0 Å². The maximum absolute atomic E-state index is 4.35. The summed E-state index contributed by atoms with van der Waals surface area (Å²) in [7, 11) is 0. The normalized spacial score (nSPS) is 10.2. The van der Waals surface area contributed by atoms with Crippen LogP contribution in [0, 0.1) is 62.3 Å². The summed E-state index contributed by atoms with van der Waals surface area (Å²) in [6.45, 7) is 18.4. The SMILES string of the molecule is Cc1cccc2ncccc12.Cc1cccnc1-c1ccccc1.Cc1cccnc1-c1ccccn1.Cc1ccnc2ccccc12.Cc1cnc2ccccc2c1.Cc1cnc2ccccc2n1.Cc1cncc2ccccc12.Cc1nccc2ccccc12.Cc1ncnc2ccccc12. The lowest BCUT2D eigenvalue weighted by Crippen LogP contribution is -1.88. The van der Waals surface area contributed by atoms with Crippen LogP contribution in [0.4, 0.5) is 0 Å². The Balaban J connectivity index is 0.000000125. The van der Waals surface area contributed by atoms with Gasteiger partial charge in [0.15, 0.2) is 0 Å². The standard InChI is InChI=1S/C12H11N.C11H10N2.5C10H9N.2C9H8N2/c1-10-6-5-9-13-12(10)11-7-3-2-4-8-11;1-9-5-4-8-13-11(9)10-6-2-3-7-12-10;1-8-4-2-6-10-9(8)5-3-7-11-10;1-8-6-11-7-9-4-2-3-5-10(8)9;1-8-6-9-4-2-3-5-10(9)11-7-8;1-8-10-5-3-2-4-9(10)6-7-11-8;1-8-6-7-11-10-5-3-2-4-9(8)10;1-7-8-4-2-3-5-9(8)11-6-10-7;1-7-6-10-8-4-2-3-5-9(8)11-7/h2-9H,1H3;2-8H,1H3;5*2-7H,1H3;2*2-6H,1H3. The highest BCUT2D eigenvalue weighted by Gasteiger charge is 2.04. The van der Waals surface area contributed by atoms with Gasteiger partial charge >= 0.3 is 0 Å². The Morgan fingerprint density at radius 3 is 1.40 bits per heavy atom. The first kappa shape index (κ1) is 72.7. The monoisotopic (exact) mass is 1340 g/mol. The number of hydrogen-bond acceptors (Lipinski definition) is 12. The fraction of sp³-hybridized carbons (Fsp3) is 0.0989. The molecule has 0 amide bonds. The molecule has 10 aromatic heterocycles. The molecule has 0 radical (unpaired) electrons. The molecule has 0 N–H and O–H groups in total. The summed E-state index contributed by atoms with van der Waals surface area (Å²) in [4.78, 5) is 50.7. The quantitative estimate of drug-likeness (QED) is 0.162. The Kier molecular flexibility index (Phi) is 26.7. The summed E-state index contributed by atoms with van der Waals surface area (Å²) in [6.07, 6.45) is 20.0. The zero-order valence-corrected chi connectivity index (χ0v) is 59.6. The predicted molar refractivity (Wildman–Crippen MR) is 428 cm³/mol. The first-order chi connectivity index (χ1) is 50.4. The fourth-order valence-corrected chi connectivity index (χ4v) is 11.0. The molecule has 0 unspecified atom stereocenters. The molecule has 0 saturated carbocycles. The van der Waals surface area contributed by atoms with Crippen LogP contribution in [0.5, 0.6) is 0 Å². The van der Waals surface area contributed by atoms with E-state index in [0.29, 0.717) is 0 Å². The van der Waals surface area contributed by atoms with E-state index in [2.05, 4.69) is 173 Å². The Morgan fingerprint density at radius 2 is 0.728 bits per heavy atom. The summed E-state index contributed by atoms with van der Waals surface area (Å²) < 4.78 is 0. The van der Waals surface area contributed by atoms with Gasteiger partial charge in [-0.1, -0.05) is 182 Å². The average Bonchev–Trinajstić information content (AvgIpc) is 0.869. The molecule has 18 aromatic rings. The Hall–Kier alpha value is -13.1. The van der Waals surface area contributed by atoms with E-state index in [1.807, 2.05) is 259 Å². The molecule has 12 heteroatoms. The molecule has 0 bridgehead atoms. The van der Waals surface area contributed by atoms with Gasteiger partial charge in [-0.2, -0.15) is 0 Å². The molecule has 103 heavy (non-hydrogen) atoms. The maximum Gasteiger partial charge on any atom is 0.116 e. The average molecular weight is 1340 g/mol. The van der Waals surface area contributed by atoms with E-state index in [1.165, 1.54) is 71.1 Å². The number of nitrogens with zero attached hydrogens (tertiary/aromatic N) is 12. The maximum atomic E-state index is 4.35. The van der Waals surface area contributed by atoms with Gasteiger partial charge in [-0.05, 0) is 191 Å². The molecule has 18 rings (SSSR count). The zero-order chi connectivity index (χ0) is 72.0. The molecule has 0 aliphatic carbocycles. The minimum Gasteiger partial charge on any atom is -0.264 e. The van der Waals surface area contributed by atoms with Gasteiger partial charge < -0.3 is 0 Å². The minimum absolute atomic E-state index is 0.931. The highest BCUT2D eigenvalue weighted by molar-refractivity contribution is 5.86. The summed E-state index contributed by atoms with van der Waals surface area (Å²) >= 11 is 0. The van der Waals surface area contributed by atoms with Gasteiger partial charge in [-0.15, -0.1) is 0 Å². The van der Waals surface area contributed by atoms with Crippen LogP contribution in [0.25, 0.3) is 98.8 Å². The number of hydrogen-bond donors (Lipinski definition) is 0. The van der Waals surface area contributed by atoms with Gasteiger partial charge in [0.05, 0.1) is 55.9 Å². The second-order valence-electron chi connectivity index (χ2n) is 24.2. The Morgan fingerprint density at radius 1 is 0.233 bits per heavy atom. The van der Waals surface area contributed by atoms with Crippen LogP contribution >= 0.6 is 0 Å². The largest absolute Gasteiger partial charge is 0.264 e. The predicted octanol–water partition coefficient (Wildman–Crippen LogP) is 22.1. The molecule has 0 aliphatic rings. The molecule has 0 saturated heterocycles. The van der Waals surface area contributed by atoms with Crippen molar-refractivity contribution in [2.75, 3.05) is 0 Å². The molecule has 506 valence electrons. The Labute approximate surface area is 603 Å². The number of benzene rings is 8. The molecular weight excluding hydrogens is 1260 g/mol. The second-order valence-corrected chi connectivity index (χ2v) is 24.2. The van der Waals surface area contributed by atoms with Gasteiger partial charge in [0.2, 0.25) is 0 Å². The van der Waals surface area contributed by atoms with Gasteiger partial charge in [-0.25, -0.2) is 15.0 Å². The number of fused-ring (bicyclic) bond motifs is 7. The van der Waals surface area contributed by atoms with E-state index in [4.69, 9.17) is 0 Å². The van der Waals surface area contributed by atoms with Crippen molar-refractivity contribution in [3.05, 3.63) is 386 Å². The summed E-state index contributed by atoms with van der Waals surface area (Å²) in [5, 5.41) is 9.86. The van der Waals surface area contributed by atoms with Crippen molar-refractivity contribution < 1.29 is 0 Å². The third-order valence-electron chi connectivity index (χ3n) is 16.5. The van der Waals surface area contributed by atoms with Crippen LogP contribution < -0.4 is 0 Å². The lowest BCUT2D eigenvalue weighted by molar-refractivity contribution is 1.15. The van der Waals surface area contributed by atoms with Gasteiger partial charge in [0.25, 0.3) is 0 Å². The van der Waals surface area contributed by atoms with Crippen LogP contribution in [-0.2, 0) is 0 Å². The number of para-hydroxylation sites is 5. The van der Waals surface area contributed by atoms with Crippen molar-refractivity contribution in [1.82, 2.24) is 59.8 Å². The molecule has 12 nitrogen and oxygen atoms in total. The van der Waals surface area contributed by atoms with Crippen LogP contribution in [0.1, 0.15) is 50.5 Å². The number of rotatable bonds is 2. The topological polar surface area (TPSA) is 155 Å². The van der Waals surface area contributed by atoms with Crippen LogP contribution in [0.15, 0.2) is 335 Å². The third-order valence-corrected chi connectivity index (χ3v) is 16.5. The van der Waals surface area contributed by atoms with E-state index < -0.39 is 0 Å². The highest BCUT2D eigenvalue weighted by Crippen LogP contribution is 2.22. The number of aryl methyl sites for hydroxylation is 9. The number of pyridine rings is 8. The Bertz CT molecular complexity index is 5030. The molecule has 8 aromatic carbocycles. The van der Waals surface area contributed by atoms with Crippen LogP contribution in [0.2, 0.25) is 0 Å². The summed E-state index contributed by atoms with van der Waals surface area (Å²) in [5.74, 6) is 0. The summed E-state index contributed by atoms with van der Waals surface area (Å²) in [6, 6.07) is 89.2. The van der Waals surface area contributed by atoms with Crippen LogP contribution in [0.3, 0.4) is 0 Å². The third kappa shape index (κ3) is 21.2. The van der Waals surface area contributed by atoms with Gasteiger partial charge in [-0.3, -0.25) is 44.9 Å². The lowest BCUT2D eigenvalue weighted by Gasteiger charge is -2.02. The molecule has 0 spiro atoms. The molecular formula is C91H82N12. The second kappa shape index (κ2) is 37.8. The molecule has 10 heterocycles. The van der Waals surface area contributed by atoms with Crippen molar-refractivity contribution in [3.63, 3.8) is 0 Å². The van der Waals surface area contributed by atoms with Crippen molar-refractivity contribution in [1.29, 1.82) is 0 Å². The van der Waals surface area contributed by atoms with E-state index in [0.717, 1.165) is 78.2 Å². The first-order valence-corrected chi connectivity index (χ1v) is 34.0. The first-order valence-electron chi connectivity index (χ1n) is 34.0. The molecule has 0 fully saturated rings. The smallest absolute Gasteiger partial charge is 0.116 e. The number of aromatic nitrogens is 12.